The van der Waals surface area contributed by atoms with Crippen LogP contribution in [-0.4, -0.2) is 11.7 Å². The first kappa shape index (κ1) is 11.1. The summed E-state index contributed by atoms with van der Waals surface area (Å²) >= 11 is 0. The van der Waals surface area contributed by atoms with Gasteiger partial charge in [0.1, 0.15) is 11.9 Å². The Hall–Kier alpha value is -1.35. The van der Waals surface area contributed by atoms with Crippen LogP contribution in [0.25, 0.3) is 0 Å². The summed E-state index contributed by atoms with van der Waals surface area (Å²) in [5, 5.41) is 10.1. The predicted octanol–water partition coefficient (Wildman–Crippen LogP) is 2.86. The van der Waals surface area contributed by atoms with Gasteiger partial charge in [0.05, 0.1) is 12.9 Å². The van der Waals surface area contributed by atoms with Crippen molar-refractivity contribution < 1.29 is 14.2 Å². The molecule has 1 unspecified atom stereocenters. The van der Waals surface area contributed by atoms with E-state index >= 15 is 0 Å². The van der Waals surface area contributed by atoms with Gasteiger partial charge < -0.3 is 9.84 Å². The molecule has 1 aliphatic rings. The Morgan fingerprint density at radius 3 is 2.94 bits per heavy atom. The number of ether oxygens (including phenoxy) is 1. The van der Waals surface area contributed by atoms with Crippen molar-refractivity contribution >= 4 is 0 Å². The number of aliphatic hydroxyl groups excluding tert-OH is 1. The molecule has 0 amide bonds. The van der Waals surface area contributed by atoms with E-state index in [1.807, 2.05) is 6.92 Å². The van der Waals surface area contributed by atoms with Crippen molar-refractivity contribution in [2.24, 2.45) is 0 Å². The van der Waals surface area contributed by atoms with E-state index in [4.69, 9.17) is 4.74 Å². The molecule has 3 heteroatoms. The number of benzene rings is 1. The summed E-state index contributed by atoms with van der Waals surface area (Å²) < 4.78 is 18.7. The molecule has 1 aliphatic heterocycles. The van der Waals surface area contributed by atoms with Crippen LogP contribution in [0, 0.1) is 12.7 Å². The third-order valence-electron chi connectivity index (χ3n) is 2.76. The largest absolute Gasteiger partial charge is 0.501 e. The van der Waals surface area contributed by atoms with Crippen LogP contribution in [0.1, 0.15) is 30.1 Å². The van der Waals surface area contributed by atoms with Crippen LogP contribution in [0.3, 0.4) is 0 Å². The highest BCUT2D eigenvalue weighted by atomic mass is 19.1. The predicted molar refractivity (Wildman–Crippen MR) is 59.4 cm³/mol. The van der Waals surface area contributed by atoms with E-state index < -0.39 is 6.10 Å². The van der Waals surface area contributed by atoms with E-state index in [1.165, 1.54) is 6.07 Å². The molecule has 0 aromatic heterocycles. The summed E-state index contributed by atoms with van der Waals surface area (Å²) in [5.41, 5.74) is 2.01. The SMILES string of the molecule is Cc1ccc(F)c(C(O)C2=COCCC2)c1. The molecule has 1 heterocycles. The fourth-order valence-corrected chi connectivity index (χ4v) is 1.86. The molecule has 0 saturated carbocycles. The monoisotopic (exact) mass is 222 g/mol. The molecule has 2 rings (SSSR count). The Balaban J connectivity index is 2.29. The zero-order valence-corrected chi connectivity index (χ0v) is 9.24. The van der Waals surface area contributed by atoms with Crippen LogP contribution in [0.15, 0.2) is 30.0 Å². The van der Waals surface area contributed by atoms with Gasteiger partial charge in [0.25, 0.3) is 0 Å². The Morgan fingerprint density at radius 1 is 1.44 bits per heavy atom. The molecular formula is C13H15FO2. The Labute approximate surface area is 94.4 Å². The molecule has 1 atom stereocenters. The first-order chi connectivity index (χ1) is 7.68. The maximum absolute atomic E-state index is 13.5. The van der Waals surface area contributed by atoms with E-state index in [-0.39, 0.29) is 5.82 Å². The summed E-state index contributed by atoms with van der Waals surface area (Å²) in [4.78, 5) is 0. The minimum atomic E-state index is -0.889. The minimum Gasteiger partial charge on any atom is -0.501 e. The Morgan fingerprint density at radius 2 is 2.25 bits per heavy atom. The van der Waals surface area contributed by atoms with Gasteiger partial charge in [0.15, 0.2) is 0 Å². The third kappa shape index (κ3) is 2.25. The fourth-order valence-electron chi connectivity index (χ4n) is 1.86. The summed E-state index contributed by atoms with van der Waals surface area (Å²) in [5.74, 6) is -0.371. The average Bonchev–Trinajstić information content (AvgIpc) is 2.32. The Kier molecular flexibility index (Phi) is 3.25. The number of rotatable bonds is 2. The minimum absolute atomic E-state index is 0.330. The summed E-state index contributed by atoms with van der Waals surface area (Å²) in [7, 11) is 0. The molecule has 2 nitrogen and oxygen atoms in total. The maximum atomic E-state index is 13.5. The van der Waals surface area contributed by atoms with Crippen LogP contribution >= 0.6 is 0 Å². The number of aryl methyl sites for hydroxylation is 1. The van der Waals surface area contributed by atoms with Crippen LogP contribution in [0.2, 0.25) is 0 Å². The van der Waals surface area contributed by atoms with Gasteiger partial charge in [-0.05, 0) is 31.4 Å². The molecule has 0 saturated heterocycles. The molecule has 86 valence electrons. The quantitative estimate of drug-likeness (QED) is 0.833. The van der Waals surface area contributed by atoms with Gasteiger partial charge in [-0.25, -0.2) is 4.39 Å². The normalized spacial score (nSPS) is 17.6. The first-order valence-corrected chi connectivity index (χ1v) is 5.43. The molecule has 0 aliphatic carbocycles. The van der Waals surface area contributed by atoms with Crippen molar-refractivity contribution in [3.05, 3.63) is 47.0 Å². The van der Waals surface area contributed by atoms with Crippen molar-refractivity contribution in [3.8, 4) is 0 Å². The standard InChI is InChI=1S/C13H15FO2/c1-9-4-5-12(14)11(7-9)13(15)10-3-2-6-16-8-10/h4-5,7-8,13,15H,2-3,6H2,1H3. The van der Waals surface area contributed by atoms with E-state index in [2.05, 4.69) is 0 Å². The van der Waals surface area contributed by atoms with E-state index in [9.17, 15) is 9.50 Å². The second kappa shape index (κ2) is 4.66. The number of halogens is 1. The topological polar surface area (TPSA) is 29.5 Å². The lowest BCUT2D eigenvalue weighted by Crippen LogP contribution is -2.09. The summed E-state index contributed by atoms with van der Waals surface area (Å²) in [6.07, 6.45) is 2.29. The maximum Gasteiger partial charge on any atom is 0.129 e. The van der Waals surface area contributed by atoms with Gasteiger partial charge in [0, 0.05) is 5.56 Å². The van der Waals surface area contributed by atoms with Crippen molar-refractivity contribution in [3.63, 3.8) is 0 Å². The molecule has 0 bridgehead atoms. The summed E-state index contributed by atoms with van der Waals surface area (Å²) in [6.45, 7) is 2.55. The lowest BCUT2D eigenvalue weighted by Gasteiger charge is -2.19. The van der Waals surface area contributed by atoms with E-state index in [0.29, 0.717) is 12.2 Å². The van der Waals surface area contributed by atoms with Gasteiger partial charge in [-0.15, -0.1) is 0 Å². The number of hydrogen-bond donors (Lipinski definition) is 1. The highest BCUT2D eigenvalue weighted by Crippen LogP contribution is 2.29. The highest BCUT2D eigenvalue weighted by molar-refractivity contribution is 5.31. The van der Waals surface area contributed by atoms with Gasteiger partial charge in [-0.1, -0.05) is 17.7 Å². The van der Waals surface area contributed by atoms with Gasteiger partial charge >= 0.3 is 0 Å². The molecule has 1 aromatic carbocycles. The highest BCUT2D eigenvalue weighted by Gasteiger charge is 2.19. The smallest absolute Gasteiger partial charge is 0.129 e. The molecular weight excluding hydrogens is 207 g/mol. The zero-order chi connectivity index (χ0) is 11.5. The van der Waals surface area contributed by atoms with Crippen LogP contribution < -0.4 is 0 Å². The molecule has 1 N–H and O–H groups in total. The molecule has 1 aromatic rings. The van der Waals surface area contributed by atoms with Gasteiger partial charge in [-0.2, -0.15) is 0 Å². The van der Waals surface area contributed by atoms with Crippen LogP contribution in [0.5, 0.6) is 0 Å². The van der Waals surface area contributed by atoms with Crippen LogP contribution in [0.4, 0.5) is 4.39 Å². The average molecular weight is 222 g/mol. The molecule has 0 radical (unpaired) electrons. The Bertz CT molecular complexity index is 412. The van der Waals surface area contributed by atoms with Crippen molar-refractivity contribution in [1.82, 2.24) is 0 Å². The second-order valence-corrected chi connectivity index (χ2v) is 4.09. The van der Waals surface area contributed by atoms with Crippen LogP contribution in [-0.2, 0) is 4.74 Å². The number of hydrogen-bond acceptors (Lipinski definition) is 2. The van der Waals surface area contributed by atoms with Gasteiger partial charge in [0.2, 0.25) is 0 Å². The third-order valence-corrected chi connectivity index (χ3v) is 2.76. The number of aliphatic hydroxyl groups is 1. The van der Waals surface area contributed by atoms with E-state index in [1.54, 1.807) is 18.4 Å². The van der Waals surface area contributed by atoms with E-state index in [0.717, 1.165) is 24.0 Å². The lowest BCUT2D eigenvalue weighted by molar-refractivity contribution is 0.167. The fraction of sp³-hybridized carbons (Fsp3) is 0.385. The zero-order valence-electron chi connectivity index (χ0n) is 9.24. The molecule has 0 spiro atoms. The van der Waals surface area contributed by atoms with Crippen molar-refractivity contribution in [2.75, 3.05) is 6.61 Å². The molecule has 0 fully saturated rings. The van der Waals surface area contributed by atoms with Crippen molar-refractivity contribution in [2.45, 2.75) is 25.9 Å². The molecule has 16 heavy (non-hydrogen) atoms. The summed E-state index contributed by atoms with van der Waals surface area (Å²) in [6, 6.07) is 4.75. The van der Waals surface area contributed by atoms with Gasteiger partial charge in [-0.3, -0.25) is 0 Å². The van der Waals surface area contributed by atoms with Crippen molar-refractivity contribution in [1.29, 1.82) is 0 Å². The first-order valence-electron chi connectivity index (χ1n) is 5.43. The lowest BCUT2D eigenvalue weighted by atomic mass is 9.96. The second-order valence-electron chi connectivity index (χ2n) is 4.09.